The fourth-order valence-electron chi connectivity index (χ4n) is 1.86. The Kier molecular flexibility index (Phi) is 5.29. The molecule has 1 rings (SSSR count). The zero-order valence-electron chi connectivity index (χ0n) is 10.0. The van der Waals surface area contributed by atoms with Crippen molar-refractivity contribution in [1.82, 2.24) is 0 Å². The van der Waals surface area contributed by atoms with Crippen molar-refractivity contribution in [3.05, 3.63) is 28.2 Å². The van der Waals surface area contributed by atoms with Crippen LogP contribution in [0.3, 0.4) is 0 Å². The maximum absolute atomic E-state index is 10.3. The van der Waals surface area contributed by atoms with Gasteiger partial charge in [-0.15, -0.1) is 0 Å². The summed E-state index contributed by atoms with van der Waals surface area (Å²) in [6.07, 6.45) is 1.52. The Morgan fingerprint density at radius 2 is 1.94 bits per heavy atom. The molecule has 1 N–H and O–H groups in total. The number of rotatable bonds is 5. The fourth-order valence-corrected chi connectivity index (χ4v) is 2.35. The molecule has 0 aliphatic carbocycles. The molecule has 0 bridgehead atoms. The molecule has 0 aliphatic heterocycles. The number of aliphatic hydroxyl groups is 1. The van der Waals surface area contributed by atoms with Gasteiger partial charge in [0.25, 0.3) is 0 Å². The second kappa shape index (κ2) is 6.26. The van der Waals surface area contributed by atoms with Crippen LogP contribution in [0.5, 0.6) is 5.75 Å². The maximum Gasteiger partial charge on any atom is 0.119 e. The zero-order valence-corrected chi connectivity index (χ0v) is 11.6. The Morgan fingerprint density at radius 3 is 2.44 bits per heavy atom. The molecule has 0 aliphatic rings. The first-order valence-corrected chi connectivity index (χ1v) is 6.44. The summed E-state index contributed by atoms with van der Waals surface area (Å²) in [4.78, 5) is 0. The molecule has 1 unspecified atom stereocenters. The van der Waals surface area contributed by atoms with Gasteiger partial charge in [-0.1, -0.05) is 42.6 Å². The van der Waals surface area contributed by atoms with E-state index in [2.05, 4.69) is 29.8 Å². The van der Waals surface area contributed by atoms with Crippen molar-refractivity contribution in [2.24, 2.45) is 5.92 Å². The van der Waals surface area contributed by atoms with E-state index >= 15 is 0 Å². The summed E-state index contributed by atoms with van der Waals surface area (Å²) in [5.41, 5.74) is 0.910. The van der Waals surface area contributed by atoms with E-state index in [1.54, 1.807) is 7.11 Å². The van der Waals surface area contributed by atoms with E-state index in [-0.39, 0.29) is 0 Å². The summed E-state index contributed by atoms with van der Waals surface area (Å²) in [7, 11) is 1.64. The summed E-state index contributed by atoms with van der Waals surface area (Å²) in [5.74, 6) is 1.08. The molecule has 3 heteroatoms. The SMILES string of the molecule is CCC(CC)C(O)c1cc(OC)ccc1Br. The molecule has 2 nitrogen and oxygen atoms in total. The van der Waals surface area contributed by atoms with Gasteiger partial charge in [-0.2, -0.15) is 0 Å². The van der Waals surface area contributed by atoms with E-state index in [1.165, 1.54) is 0 Å². The highest BCUT2D eigenvalue weighted by molar-refractivity contribution is 9.10. The molecule has 0 aromatic heterocycles. The average molecular weight is 287 g/mol. The molecule has 0 spiro atoms. The molecule has 1 aromatic rings. The summed E-state index contributed by atoms with van der Waals surface area (Å²) in [5, 5.41) is 10.3. The van der Waals surface area contributed by atoms with Gasteiger partial charge in [0, 0.05) is 4.47 Å². The molecule has 0 fully saturated rings. The normalized spacial score (nSPS) is 12.9. The predicted octanol–water partition coefficient (Wildman–Crippen LogP) is 3.93. The van der Waals surface area contributed by atoms with Gasteiger partial charge in [-0.3, -0.25) is 0 Å². The first kappa shape index (κ1) is 13.5. The van der Waals surface area contributed by atoms with E-state index in [0.717, 1.165) is 28.6 Å². The minimum atomic E-state index is -0.431. The number of ether oxygens (including phenoxy) is 1. The minimum absolute atomic E-state index is 0.295. The van der Waals surface area contributed by atoms with Gasteiger partial charge in [0.1, 0.15) is 5.75 Å². The lowest BCUT2D eigenvalue weighted by atomic mass is 9.91. The highest BCUT2D eigenvalue weighted by Gasteiger charge is 2.20. The quantitative estimate of drug-likeness (QED) is 0.889. The first-order valence-electron chi connectivity index (χ1n) is 5.65. The van der Waals surface area contributed by atoms with Crippen LogP contribution in [-0.2, 0) is 0 Å². The van der Waals surface area contributed by atoms with Crippen LogP contribution in [0.4, 0.5) is 0 Å². The third-order valence-electron chi connectivity index (χ3n) is 3.02. The third-order valence-corrected chi connectivity index (χ3v) is 3.74. The Morgan fingerprint density at radius 1 is 1.31 bits per heavy atom. The minimum Gasteiger partial charge on any atom is -0.497 e. The molecule has 16 heavy (non-hydrogen) atoms. The van der Waals surface area contributed by atoms with Crippen LogP contribution in [0.25, 0.3) is 0 Å². The van der Waals surface area contributed by atoms with E-state index in [1.807, 2.05) is 18.2 Å². The molecule has 0 saturated heterocycles. The molecule has 1 atom stereocenters. The molecular weight excluding hydrogens is 268 g/mol. The van der Waals surface area contributed by atoms with Crippen LogP contribution in [0.15, 0.2) is 22.7 Å². The van der Waals surface area contributed by atoms with E-state index in [9.17, 15) is 5.11 Å². The molecule has 0 radical (unpaired) electrons. The number of methoxy groups -OCH3 is 1. The van der Waals surface area contributed by atoms with Gasteiger partial charge in [-0.25, -0.2) is 0 Å². The van der Waals surface area contributed by atoms with Crippen LogP contribution < -0.4 is 4.74 Å². The predicted molar refractivity (Wildman–Crippen MR) is 69.7 cm³/mol. The first-order chi connectivity index (χ1) is 7.63. The van der Waals surface area contributed by atoms with Crippen molar-refractivity contribution in [3.63, 3.8) is 0 Å². The van der Waals surface area contributed by atoms with Crippen molar-refractivity contribution < 1.29 is 9.84 Å². The number of hydrogen-bond donors (Lipinski definition) is 1. The number of hydrogen-bond acceptors (Lipinski definition) is 2. The lowest BCUT2D eigenvalue weighted by Crippen LogP contribution is -2.11. The fraction of sp³-hybridized carbons (Fsp3) is 0.538. The summed E-state index contributed by atoms with van der Waals surface area (Å²) in [6, 6.07) is 5.69. The second-order valence-corrected chi connectivity index (χ2v) is 4.76. The van der Waals surface area contributed by atoms with Crippen LogP contribution >= 0.6 is 15.9 Å². The summed E-state index contributed by atoms with van der Waals surface area (Å²) in [6.45, 7) is 4.21. The highest BCUT2D eigenvalue weighted by Crippen LogP contribution is 2.34. The third kappa shape index (κ3) is 2.98. The monoisotopic (exact) mass is 286 g/mol. The van der Waals surface area contributed by atoms with Gasteiger partial charge < -0.3 is 9.84 Å². The molecule has 0 heterocycles. The zero-order chi connectivity index (χ0) is 12.1. The van der Waals surface area contributed by atoms with Gasteiger partial charge in [0.15, 0.2) is 0 Å². The number of aliphatic hydroxyl groups excluding tert-OH is 1. The maximum atomic E-state index is 10.3. The largest absolute Gasteiger partial charge is 0.497 e. The molecular formula is C13H19BrO2. The van der Waals surface area contributed by atoms with E-state index in [0.29, 0.717) is 5.92 Å². The topological polar surface area (TPSA) is 29.5 Å². The van der Waals surface area contributed by atoms with Crippen LogP contribution in [0.2, 0.25) is 0 Å². The van der Waals surface area contributed by atoms with Gasteiger partial charge in [0.2, 0.25) is 0 Å². The smallest absolute Gasteiger partial charge is 0.119 e. The van der Waals surface area contributed by atoms with Crippen molar-refractivity contribution in [3.8, 4) is 5.75 Å². The van der Waals surface area contributed by atoms with Crippen molar-refractivity contribution >= 4 is 15.9 Å². The summed E-state index contributed by atoms with van der Waals surface area (Å²) >= 11 is 3.47. The lowest BCUT2D eigenvalue weighted by Gasteiger charge is -2.21. The van der Waals surface area contributed by atoms with Crippen molar-refractivity contribution in [1.29, 1.82) is 0 Å². The van der Waals surface area contributed by atoms with E-state index < -0.39 is 6.10 Å². The molecule has 0 amide bonds. The lowest BCUT2D eigenvalue weighted by molar-refractivity contribution is 0.102. The van der Waals surface area contributed by atoms with Gasteiger partial charge in [-0.05, 0) is 29.7 Å². The number of halogens is 1. The summed E-state index contributed by atoms with van der Waals surface area (Å²) < 4.78 is 6.11. The Balaban J connectivity index is 3.01. The van der Waals surface area contributed by atoms with Gasteiger partial charge >= 0.3 is 0 Å². The van der Waals surface area contributed by atoms with Crippen LogP contribution in [0.1, 0.15) is 38.4 Å². The average Bonchev–Trinajstić information content (AvgIpc) is 2.31. The second-order valence-electron chi connectivity index (χ2n) is 3.91. The standard InChI is InChI=1S/C13H19BrO2/c1-4-9(5-2)13(15)11-8-10(16-3)6-7-12(11)14/h6-9,13,15H,4-5H2,1-3H3. The Labute approximate surface area is 106 Å². The Bertz CT molecular complexity index is 335. The van der Waals surface area contributed by atoms with Crippen LogP contribution in [-0.4, -0.2) is 12.2 Å². The van der Waals surface area contributed by atoms with E-state index in [4.69, 9.17) is 4.74 Å². The Hall–Kier alpha value is -0.540. The molecule has 90 valence electrons. The number of benzene rings is 1. The van der Waals surface area contributed by atoms with Crippen molar-refractivity contribution in [2.45, 2.75) is 32.8 Å². The highest BCUT2D eigenvalue weighted by atomic mass is 79.9. The van der Waals surface area contributed by atoms with Crippen molar-refractivity contribution in [2.75, 3.05) is 7.11 Å². The molecule has 1 aromatic carbocycles. The molecule has 0 saturated carbocycles. The van der Waals surface area contributed by atoms with Crippen LogP contribution in [0, 0.1) is 5.92 Å². The van der Waals surface area contributed by atoms with Gasteiger partial charge in [0.05, 0.1) is 13.2 Å².